The molecule has 1 heterocycles. The highest BCUT2D eigenvalue weighted by molar-refractivity contribution is 5.21. The minimum absolute atomic E-state index is 0.168. The molecule has 1 fully saturated rings. The fourth-order valence-electron chi connectivity index (χ4n) is 2.56. The first-order valence-electron chi connectivity index (χ1n) is 6.54. The van der Waals surface area contributed by atoms with Crippen LogP contribution in [0.5, 0.6) is 0 Å². The summed E-state index contributed by atoms with van der Waals surface area (Å²) >= 11 is 0. The van der Waals surface area contributed by atoms with Crippen molar-refractivity contribution < 1.29 is 13.5 Å². The van der Waals surface area contributed by atoms with E-state index in [-0.39, 0.29) is 18.2 Å². The molecule has 1 aromatic rings. The molecule has 3 nitrogen and oxygen atoms in total. The minimum atomic E-state index is -0.850. The van der Waals surface area contributed by atoms with E-state index in [1.165, 1.54) is 12.1 Å². The zero-order chi connectivity index (χ0) is 14.0. The average Bonchev–Trinajstić information content (AvgIpc) is 2.31. The Hall–Kier alpha value is -1.04. The number of nitrogens with two attached hydrogens (primary N) is 1. The van der Waals surface area contributed by atoms with Gasteiger partial charge in [-0.3, -0.25) is 4.90 Å². The fraction of sp³-hybridized carbons (Fsp3) is 0.571. The van der Waals surface area contributed by atoms with Crippen molar-refractivity contribution in [3.8, 4) is 0 Å². The maximum Gasteiger partial charge on any atom is 0.159 e. The monoisotopic (exact) mass is 270 g/mol. The van der Waals surface area contributed by atoms with Crippen LogP contribution in [0.2, 0.25) is 0 Å². The molecule has 0 spiro atoms. The summed E-state index contributed by atoms with van der Waals surface area (Å²) in [7, 11) is 0. The van der Waals surface area contributed by atoms with Crippen molar-refractivity contribution in [2.45, 2.75) is 32.1 Å². The number of nitrogens with zero attached hydrogens (tertiary/aromatic N) is 1. The van der Waals surface area contributed by atoms with E-state index in [2.05, 4.69) is 4.90 Å². The van der Waals surface area contributed by atoms with E-state index in [0.717, 1.165) is 19.2 Å². The number of benzene rings is 1. The lowest BCUT2D eigenvalue weighted by molar-refractivity contribution is -0.0691. The van der Waals surface area contributed by atoms with Crippen molar-refractivity contribution in [1.82, 2.24) is 4.90 Å². The zero-order valence-corrected chi connectivity index (χ0v) is 11.3. The van der Waals surface area contributed by atoms with Crippen molar-refractivity contribution in [3.05, 3.63) is 35.4 Å². The van der Waals surface area contributed by atoms with Crippen molar-refractivity contribution in [2.24, 2.45) is 5.73 Å². The highest BCUT2D eigenvalue weighted by atomic mass is 19.2. The molecule has 2 rings (SSSR count). The second kappa shape index (κ2) is 5.94. The number of rotatable bonds is 3. The molecule has 2 N–H and O–H groups in total. The Morgan fingerprint density at radius 1 is 1.26 bits per heavy atom. The van der Waals surface area contributed by atoms with E-state index in [1.807, 2.05) is 13.8 Å². The highest BCUT2D eigenvalue weighted by Crippen LogP contribution is 2.18. The highest BCUT2D eigenvalue weighted by Gasteiger charge is 2.24. The van der Waals surface area contributed by atoms with E-state index in [0.29, 0.717) is 12.1 Å². The summed E-state index contributed by atoms with van der Waals surface area (Å²) in [6.45, 7) is 6.27. The van der Waals surface area contributed by atoms with Crippen LogP contribution in [0.3, 0.4) is 0 Å². The number of hydrogen-bond donors (Lipinski definition) is 1. The van der Waals surface area contributed by atoms with Crippen LogP contribution >= 0.6 is 0 Å². The van der Waals surface area contributed by atoms with Crippen LogP contribution in [0.1, 0.15) is 25.5 Å². The summed E-state index contributed by atoms with van der Waals surface area (Å²) in [4.78, 5) is 2.20. The van der Waals surface area contributed by atoms with Gasteiger partial charge >= 0.3 is 0 Å². The molecule has 0 bridgehead atoms. The van der Waals surface area contributed by atoms with Crippen LogP contribution in [0, 0.1) is 11.6 Å². The van der Waals surface area contributed by atoms with Gasteiger partial charge in [0.15, 0.2) is 11.6 Å². The fourth-order valence-corrected chi connectivity index (χ4v) is 2.56. The molecule has 0 aliphatic carbocycles. The van der Waals surface area contributed by atoms with Crippen LogP contribution in [-0.2, 0) is 4.74 Å². The van der Waals surface area contributed by atoms with Gasteiger partial charge in [0.05, 0.1) is 12.2 Å². The molecular formula is C14H20F2N2O. The molecule has 0 amide bonds. The largest absolute Gasteiger partial charge is 0.373 e. The van der Waals surface area contributed by atoms with Gasteiger partial charge in [-0.05, 0) is 31.5 Å². The van der Waals surface area contributed by atoms with Gasteiger partial charge in [-0.1, -0.05) is 6.07 Å². The van der Waals surface area contributed by atoms with Crippen molar-refractivity contribution >= 4 is 0 Å². The van der Waals surface area contributed by atoms with E-state index >= 15 is 0 Å². The molecule has 1 saturated heterocycles. The third-order valence-corrected chi connectivity index (χ3v) is 3.32. The lowest BCUT2D eigenvalue weighted by atomic mass is 10.1. The smallest absolute Gasteiger partial charge is 0.159 e. The van der Waals surface area contributed by atoms with Gasteiger partial charge in [-0.25, -0.2) is 8.78 Å². The van der Waals surface area contributed by atoms with Gasteiger partial charge in [0.25, 0.3) is 0 Å². The number of hydrogen-bond acceptors (Lipinski definition) is 3. The first kappa shape index (κ1) is 14.4. The summed E-state index contributed by atoms with van der Waals surface area (Å²) in [5.74, 6) is -1.69. The van der Waals surface area contributed by atoms with Crippen LogP contribution < -0.4 is 5.73 Å². The Kier molecular flexibility index (Phi) is 4.50. The molecule has 0 aromatic heterocycles. The lowest BCUT2D eigenvalue weighted by Gasteiger charge is -2.36. The predicted octanol–water partition coefficient (Wildman–Crippen LogP) is 2.07. The Morgan fingerprint density at radius 2 is 1.89 bits per heavy atom. The summed E-state index contributed by atoms with van der Waals surface area (Å²) in [6, 6.07) is 3.51. The quantitative estimate of drug-likeness (QED) is 0.914. The molecular weight excluding hydrogens is 250 g/mol. The van der Waals surface area contributed by atoms with Gasteiger partial charge in [-0.15, -0.1) is 0 Å². The maximum absolute atomic E-state index is 13.2. The van der Waals surface area contributed by atoms with E-state index in [4.69, 9.17) is 10.5 Å². The third-order valence-electron chi connectivity index (χ3n) is 3.32. The molecule has 0 radical (unpaired) electrons. The standard InChI is InChI=1S/C14H20F2N2O/c1-9-6-18(7-10(2)19-9)8-14(17)11-3-4-12(15)13(16)5-11/h3-5,9-10,14H,6-8,17H2,1-2H3/t9-,10+,14?. The van der Waals surface area contributed by atoms with Crippen LogP contribution in [0.4, 0.5) is 8.78 Å². The van der Waals surface area contributed by atoms with Gasteiger partial charge < -0.3 is 10.5 Å². The normalized spacial score (nSPS) is 26.4. The Balaban J connectivity index is 2.00. The Bertz CT molecular complexity index is 431. The maximum atomic E-state index is 13.2. The van der Waals surface area contributed by atoms with E-state index in [9.17, 15) is 8.78 Å². The SMILES string of the molecule is C[C@@H]1CN(CC(N)c2ccc(F)c(F)c2)C[C@H](C)O1. The van der Waals surface area contributed by atoms with Gasteiger partial charge in [-0.2, -0.15) is 0 Å². The molecule has 0 saturated carbocycles. The molecule has 106 valence electrons. The summed E-state index contributed by atoms with van der Waals surface area (Å²) in [5, 5.41) is 0. The third kappa shape index (κ3) is 3.72. The zero-order valence-electron chi connectivity index (χ0n) is 11.3. The predicted molar refractivity (Wildman–Crippen MR) is 69.7 cm³/mol. The minimum Gasteiger partial charge on any atom is -0.373 e. The van der Waals surface area contributed by atoms with Gasteiger partial charge in [0.1, 0.15) is 0 Å². The van der Waals surface area contributed by atoms with Crippen molar-refractivity contribution in [1.29, 1.82) is 0 Å². The molecule has 19 heavy (non-hydrogen) atoms. The molecule has 3 atom stereocenters. The van der Waals surface area contributed by atoms with Gasteiger partial charge in [0.2, 0.25) is 0 Å². The second-order valence-corrected chi connectivity index (χ2v) is 5.26. The van der Waals surface area contributed by atoms with E-state index < -0.39 is 11.6 Å². The van der Waals surface area contributed by atoms with E-state index in [1.54, 1.807) is 0 Å². The summed E-state index contributed by atoms with van der Waals surface area (Å²) in [6.07, 6.45) is 0.335. The topological polar surface area (TPSA) is 38.5 Å². The Labute approximate surface area is 112 Å². The van der Waals surface area contributed by atoms with Crippen LogP contribution in [0.25, 0.3) is 0 Å². The molecule has 5 heteroatoms. The second-order valence-electron chi connectivity index (χ2n) is 5.26. The van der Waals surface area contributed by atoms with Crippen LogP contribution in [0.15, 0.2) is 18.2 Å². The Morgan fingerprint density at radius 3 is 2.47 bits per heavy atom. The van der Waals surface area contributed by atoms with Crippen molar-refractivity contribution in [3.63, 3.8) is 0 Å². The average molecular weight is 270 g/mol. The number of morpholine rings is 1. The van der Waals surface area contributed by atoms with Crippen molar-refractivity contribution in [2.75, 3.05) is 19.6 Å². The summed E-state index contributed by atoms with van der Waals surface area (Å²) in [5.41, 5.74) is 6.68. The van der Waals surface area contributed by atoms with Gasteiger partial charge in [0, 0.05) is 25.7 Å². The first-order chi connectivity index (χ1) is 8.95. The first-order valence-corrected chi connectivity index (χ1v) is 6.54. The summed E-state index contributed by atoms with van der Waals surface area (Å²) < 4.78 is 31.7. The molecule has 1 aliphatic rings. The number of ether oxygens (including phenoxy) is 1. The molecule has 1 aromatic carbocycles. The molecule has 1 aliphatic heterocycles. The van der Waals surface area contributed by atoms with Crippen LogP contribution in [-0.4, -0.2) is 36.7 Å². The number of halogens is 2. The molecule has 1 unspecified atom stereocenters. The lowest BCUT2D eigenvalue weighted by Crippen LogP contribution is -2.47.